The van der Waals surface area contributed by atoms with Crippen LogP contribution in [0.5, 0.6) is 0 Å². The van der Waals surface area contributed by atoms with Crippen LogP contribution in [0.4, 0.5) is 11.6 Å². The number of piperazine rings is 1. The molecule has 3 heterocycles. The second kappa shape index (κ2) is 9.49. The summed E-state index contributed by atoms with van der Waals surface area (Å²) < 4.78 is 1.69. The first-order valence-electron chi connectivity index (χ1n) is 11.5. The van der Waals surface area contributed by atoms with E-state index in [-0.39, 0.29) is 24.3 Å². The number of aromatic nitrogens is 3. The lowest BCUT2D eigenvalue weighted by Gasteiger charge is -2.26. The third kappa shape index (κ3) is 4.61. The molecule has 10 heteroatoms. The molecule has 0 saturated carbocycles. The maximum absolute atomic E-state index is 12.7. The molecule has 1 aliphatic rings. The quantitative estimate of drug-likeness (QED) is 0.451. The van der Waals surface area contributed by atoms with Crippen LogP contribution in [0.3, 0.4) is 0 Å². The number of carbonyl (C=O) groups is 3. The fourth-order valence-corrected chi connectivity index (χ4v) is 4.05. The van der Waals surface area contributed by atoms with Crippen molar-refractivity contribution < 1.29 is 14.4 Å². The molecule has 0 radical (unpaired) electrons. The van der Waals surface area contributed by atoms with E-state index in [9.17, 15) is 14.4 Å². The number of benzene rings is 2. The number of hydrogen-bond donors (Lipinski definition) is 2. The second-order valence-electron chi connectivity index (χ2n) is 8.68. The second-order valence-corrected chi connectivity index (χ2v) is 8.68. The van der Waals surface area contributed by atoms with Crippen molar-refractivity contribution in [1.29, 1.82) is 0 Å². The van der Waals surface area contributed by atoms with Gasteiger partial charge in [-0.15, -0.1) is 5.10 Å². The fourth-order valence-electron chi connectivity index (χ4n) is 4.05. The Hall–Kier alpha value is -4.73. The Labute approximate surface area is 207 Å². The van der Waals surface area contributed by atoms with Gasteiger partial charge in [-0.25, -0.2) is 4.52 Å². The van der Waals surface area contributed by atoms with Gasteiger partial charge in [0.25, 0.3) is 11.8 Å². The van der Waals surface area contributed by atoms with Gasteiger partial charge >= 0.3 is 0 Å². The summed E-state index contributed by atoms with van der Waals surface area (Å²) in [6.07, 6.45) is 1.82. The van der Waals surface area contributed by atoms with Crippen LogP contribution >= 0.6 is 0 Å². The van der Waals surface area contributed by atoms with Crippen LogP contribution in [-0.4, -0.2) is 75.8 Å². The largest absolute Gasteiger partial charge is 0.353 e. The third-order valence-corrected chi connectivity index (χ3v) is 5.92. The highest BCUT2D eigenvalue weighted by molar-refractivity contribution is 5.97. The van der Waals surface area contributed by atoms with Crippen molar-refractivity contribution in [3.8, 4) is 11.1 Å². The van der Waals surface area contributed by atoms with Crippen LogP contribution in [-0.2, 0) is 4.79 Å². The zero-order chi connectivity index (χ0) is 25.2. The molecule has 0 bridgehead atoms. The summed E-state index contributed by atoms with van der Waals surface area (Å²) in [5, 5.41) is 10.4. The number of rotatable bonds is 5. The van der Waals surface area contributed by atoms with Crippen LogP contribution in [0.2, 0.25) is 0 Å². The Morgan fingerprint density at radius 1 is 1.00 bits per heavy atom. The van der Waals surface area contributed by atoms with Crippen LogP contribution < -0.4 is 10.6 Å². The highest BCUT2D eigenvalue weighted by Crippen LogP contribution is 2.26. The summed E-state index contributed by atoms with van der Waals surface area (Å²) in [7, 11) is 3.45. The van der Waals surface area contributed by atoms with Crippen LogP contribution in [0.15, 0.2) is 66.9 Å². The summed E-state index contributed by atoms with van der Waals surface area (Å²) in [5.74, 6) is 0.0323. The minimum Gasteiger partial charge on any atom is -0.353 e. The summed E-state index contributed by atoms with van der Waals surface area (Å²) in [4.78, 5) is 44.2. The molecule has 0 atom stereocenters. The maximum Gasteiger partial charge on any atom is 0.254 e. The number of amides is 3. The predicted molar refractivity (Wildman–Crippen MR) is 135 cm³/mol. The zero-order valence-corrected chi connectivity index (χ0v) is 19.9. The summed E-state index contributed by atoms with van der Waals surface area (Å²) >= 11 is 0. The predicted octanol–water partition coefficient (Wildman–Crippen LogP) is 2.41. The van der Waals surface area contributed by atoms with E-state index in [0.29, 0.717) is 35.8 Å². The van der Waals surface area contributed by atoms with Crippen molar-refractivity contribution in [2.75, 3.05) is 39.0 Å². The summed E-state index contributed by atoms with van der Waals surface area (Å²) in [5.41, 5.74) is 4.33. The molecule has 0 unspecified atom stereocenters. The fraction of sp³-hybridized carbons (Fsp3) is 0.192. The number of fused-ring (bicyclic) bond motifs is 1. The average molecular weight is 484 g/mol. The topological polar surface area (TPSA) is 112 Å². The Bertz CT molecular complexity index is 1440. The van der Waals surface area contributed by atoms with E-state index in [4.69, 9.17) is 0 Å². The van der Waals surface area contributed by atoms with E-state index in [1.54, 1.807) is 59.9 Å². The summed E-state index contributed by atoms with van der Waals surface area (Å²) in [6, 6.07) is 18.2. The minimum atomic E-state index is -0.176. The molecule has 0 aliphatic carbocycles. The molecule has 1 fully saturated rings. The van der Waals surface area contributed by atoms with E-state index < -0.39 is 0 Å². The molecule has 5 rings (SSSR count). The first-order chi connectivity index (χ1) is 17.4. The Morgan fingerprint density at radius 3 is 2.42 bits per heavy atom. The molecule has 36 heavy (non-hydrogen) atoms. The van der Waals surface area contributed by atoms with E-state index >= 15 is 0 Å². The monoisotopic (exact) mass is 483 g/mol. The minimum absolute atomic E-state index is 0.0529. The van der Waals surface area contributed by atoms with Gasteiger partial charge in [0, 0.05) is 55.8 Å². The molecular weight excluding hydrogens is 458 g/mol. The Balaban J connectivity index is 1.34. The zero-order valence-electron chi connectivity index (χ0n) is 19.9. The van der Waals surface area contributed by atoms with Gasteiger partial charge in [-0.3, -0.25) is 14.4 Å². The Kier molecular flexibility index (Phi) is 6.07. The number of hydrogen-bond acceptors (Lipinski definition) is 6. The molecule has 182 valence electrons. The van der Waals surface area contributed by atoms with Gasteiger partial charge in [0.1, 0.15) is 0 Å². The van der Waals surface area contributed by atoms with Crippen molar-refractivity contribution >= 4 is 35.0 Å². The Morgan fingerprint density at radius 2 is 1.72 bits per heavy atom. The van der Waals surface area contributed by atoms with Crippen molar-refractivity contribution in [3.63, 3.8) is 0 Å². The van der Waals surface area contributed by atoms with Gasteiger partial charge in [0.2, 0.25) is 11.9 Å². The number of anilines is 2. The number of carbonyl (C=O) groups excluding carboxylic acids is 3. The lowest BCUT2D eigenvalue weighted by molar-refractivity contribution is -0.123. The van der Waals surface area contributed by atoms with Gasteiger partial charge in [-0.2, -0.15) is 4.98 Å². The molecule has 4 aromatic rings. The molecule has 1 saturated heterocycles. The third-order valence-electron chi connectivity index (χ3n) is 5.92. The first-order valence-corrected chi connectivity index (χ1v) is 11.5. The molecule has 3 amide bonds. The van der Waals surface area contributed by atoms with Gasteiger partial charge in [0.15, 0.2) is 5.65 Å². The maximum atomic E-state index is 12.7. The molecule has 2 aromatic carbocycles. The van der Waals surface area contributed by atoms with E-state index in [2.05, 4.69) is 20.7 Å². The number of pyridine rings is 1. The highest BCUT2D eigenvalue weighted by Gasteiger charge is 2.22. The standard InChI is InChI=1S/C26H25N7O3/c1-31(2)24(35)18-7-5-17(6-8-18)21-4-3-14-33-23(21)29-26(30-33)28-20-11-9-19(10-12-20)25(36)32-15-13-27-22(34)16-32/h3-12,14H,13,15-16H2,1-2H3,(H,27,34)(H,28,30). The molecule has 2 aromatic heterocycles. The SMILES string of the molecule is CN(C)C(=O)c1ccc(-c2cccn3nc(Nc4ccc(C(=O)N5CCNC(=O)C5)cc4)nc23)cc1. The molecule has 10 nitrogen and oxygen atoms in total. The summed E-state index contributed by atoms with van der Waals surface area (Å²) in [6.45, 7) is 1.03. The van der Waals surface area contributed by atoms with E-state index in [1.807, 2.05) is 30.5 Å². The van der Waals surface area contributed by atoms with Crippen LogP contribution in [0.25, 0.3) is 16.8 Å². The molecular formula is C26H25N7O3. The van der Waals surface area contributed by atoms with Gasteiger partial charge in [-0.1, -0.05) is 12.1 Å². The first kappa shape index (κ1) is 23.0. The van der Waals surface area contributed by atoms with Gasteiger partial charge < -0.3 is 20.4 Å². The van der Waals surface area contributed by atoms with Crippen molar-refractivity contribution in [2.45, 2.75) is 0 Å². The van der Waals surface area contributed by atoms with Gasteiger partial charge in [-0.05, 0) is 54.1 Å². The number of nitrogens with zero attached hydrogens (tertiary/aromatic N) is 5. The van der Waals surface area contributed by atoms with Crippen molar-refractivity contribution in [1.82, 2.24) is 29.7 Å². The van der Waals surface area contributed by atoms with Crippen molar-refractivity contribution in [3.05, 3.63) is 78.0 Å². The van der Waals surface area contributed by atoms with Crippen LogP contribution in [0, 0.1) is 0 Å². The molecule has 1 aliphatic heterocycles. The lowest BCUT2D eigenvalue weighted by Crippen LogP contribution is -2.49. The normalized spacial score (nSPS) is 13.4. The average Bonchev–Trinajstić information content (AvgIpc) is 3.31. The van der Waals surface area contributed by atoms with Crippen LogP contribution in [0.1, 0.15) is 20.7 Å². The molecule has 0 spiro atoms. The highest BCUT2D eigenvalue weighted by atomic mass is 16.2. The lowest BCUT2D eigenvalue weighted by atomic mass is 10.0. The van der Waals surface area contributed by atoms with E-state index in [1.165, 1.54) is 4.90 Å². The molecule has 2 N–H and O–H groups in total. The van der Waals surface area contributed by atoms with Crippen molar-refractivity contribution in [2.24, 2.45) is 0 Å². The van der Waals surface area contributed by atoms with Gasteiger partial charge in [0.05, 0.1) is 6.54 Å². The smallest absolute Gasteiger partial charge is 0.254 e. The number of nitrogens with one attached hydrogen (secondary N) is 2. The van der Waals surface area contributed by atoms with E-state index in [0.717, 1.165) is 16.8 Å².